The highest BCUT2D eigenvalue weighted by molar-refractivity contribution is 7.89. The Kier molecular flexibility index (Phi) is 3.37. The summed E-state index contributed by atoms with van der Waals surface area (Å²) in [6, 6.07) is 9.75. The van der Waals surface area contributed by atoms with E-state index in [2.05, 4.69) is 4.98 Å². The van der Waals surface area contributed by atoms with Crippen LogP contribution in [0, 0.1) is 11.2 Å². The molecule has 1 aromatic carbocycles. The minimum absolute atomic E-state index is 0.130. The fourth-order valence-corrected chi connectivity index (χ4v) is 3.94. The molecule has 0 bridgehead atoms. The van der Waals surface area contributed by atoms with Crippen LogP contribution >= 0.6 is 0 Å². The fourth-order valence-electron chi connectivity index (χ4n) is 3.49. The zero-order valence-corrected chi connectivity index (χ0v) is 13.8. The van der Waals surface area contributed by atoms with Crippen molar-refractivity contribution in [2.75, 3.05) is 0 Å². The molecule has 0 aliphatic heterocycles. The van der Waals surface area contributed by atoms with Gasteiger partial charge in [0.25, 0.3) is 10.0 Å². The summed E-state index contributed by atoms with van der Waals surface area (Å²) >= 11 is 0. The van der Waals surface area contributed by atoms with Crippen LogP contribution in [0.5, 0.6) is 0 Å². The summed E-state index contributed by atoms with van der Waals surface area (Å²) in [4.78, 5) is 4.00. The lowest BCUT2D eigenvalue weighted by atomic mass is 9.98. The molecule has 2 aliphatic rings. The van der Waals surface area contributed by atoms with Crippen molar-refractivity contribution in [3.05, 3.63) is 59.5 Å². The van der Waals surface area contributed by atoms with Crippen LogP contribution in [0.25, 0.3) is 11.1 Å². The normalized spacial score (nSPS) is 19.1. The van der Waals surface area contributed by atoms with Crippen LogP contribution in [-0.2, 0) is 10.0 Å². The third-order valence-electron chi connectivity index (χ3n) is 4.99. The molecule has 1 saturated carbocycles. The second-order valence-corrected chi connectivity index (χ2v) is 8.26. The first-order valence-electron chi connectivity index (χ1n) is 7.84. The van der Waals surface area contributed by atoms with Gasteiger partial charge in [-0.3, -0.25) is 0 Å². The molecule has 4 nitrogen and oxygen atoms in total. The van der Waals surface area contributed by atoms with Gasteiger partial charge in [0, 0.05) is 6.20 Å². The lowest BCUT2D eigenvalue weighted by Gasteiger charge is -2.08. The van der Waals surface area contributed by atoms with E-state index in [0.29, 0.717) is 5.41 Å². The molecule has 0 amide bonds. The molecule has 2 N–H and O–H groups in total. The minimum atomic E-state index is -3.79. The predicted octanol–water partition coefficient (Wildman–Crippen LogP) is 3.35. The first kappa shape index (κ1) is 15.5. The molecule has 1 spiro atoms. The maximum Gasteiger partial charge on any atom is 0.255 e. The molecule has 4 rings (SSSR count). The Bertz CT molecular complexity index is 928. The molecule has 0 unspecified atom stereocenters. The zero-order chi connectivity index (χ0) is 16.9. The molecule has 1 fully saturated rings. The number of rotatable bonds is 3. The SMILES string of the molecule is NS(=O)(=O)c1ccc(C2=C(c3ccc(F)cc3)CC3(CC3)C2)cn1. The summed E-state index contributed by atoms with van der Waals surface area (Å²) in [5, 5.41) is 4.98. The molecule has 0 radical (unpaired) electrons. The van der Waals surface area contributed by atoms with Gasteiger partial charge in [-0.2, -0.15) is 0 Å². The van der Waals surface area contributed by atoms with Gasteiger partial charge in [-0.1, -0.05) is 18.2 Å². The summed E-state index contributed by atoms with van der Waals surface area (Å²) in [5.41, 5.74) is 4.64. The molecule has 2 aliphatic carbocycles. The summed E-state index contributed by atoms with van der Waals surface area (Å²) in [7, 11) is -3.79. The van der Waals surface area contributed by atoms with Gasteiger partial charge in [-0.25, -0.2) is 22.9 Å². The molecule has 24 heavy (non-hydrogen) atoms. The highest BCUT2D eigenvalue weighted by atomic mass is 32.2. The van der Waals surface area contributed by atoms with E-state index in [9.17, 15) is 12.8 Å². The maximum absolute atomic E-state index is 13.2. The van der Waals surface area contributed by atoms with Crippen LogP contribution in [0.3, 0.4) is 0 Å². The predicted molar refractivity (Wildman–Crippen MR) is 89.7 cm³/mol. The molecule has 124 valence electrons. The van der Waals surface area contributed by atoms with Crippen LogP contribution in [0.15, 0.2) is 47.6 Å². The first-order valence-corrected chi connectivity index (χ1v) is 9.38. The van der Waals surface area contributed by atoms with E-state index >= 15 is 0 Å². The number of aromatic nitrogens is 1. The third-order valence-corrected chi connectivity index (χ3v) is 5.82. The standard InChI is InChI=1S/C18H17FN2O2S/c19-14-4-1-12(2-5-14)15-9-18(7-8-18)10-16(15)13-3-6-17(21-11-13)24(20,22)23/h1-6,11H,7-10H2,(H2,20,22,23). The van der Waals surface area contributed by atoms with E-state index in [1.54, 1.807) is 24.4 Å². The van der Waals surface area contributed by atoms with Gasteiger partial charge in [0.1, 0.15) is 5.82 Å². The van der Waals surface area contributed by atoms with Crippen molar-refractivity contribution in [1.29, 1.82) is 0 Å². The van der Waals surface area contributed by atoms with E-state index in [-0.39, 0.29) is 10.8 Å². The van der Waals surface area contributed by atoms with Gasteiger partial charge in [0.05, 0.1) is 0 Å². The van der Waals surface area contributed by atoms with Crippen molar-refractivity contribution in [2.45, 2.75) is 30.7 Å². The smallest absolute Gasteiger partial charge is 0.243 e. The third kappa shape index (κ3) is 2.76. The fraction of sp³-hybridized carbons (Fsp3) is 0.278. The Balaban J connectivity index is 1.77. The van der Waals surface area contributed by atoms with Crippen LogP contribution in [0.2, 0.25) is 0 Å². The van der Waals surface area contributed by atoms with Gasteiger partial charge < -0.3 is 0 Å². The molecule has 6 heteroatoms. The first-order chi connectivity index (χ1) is 11.4. The van der Waals surface area contributed by atoms with E-state index in [0.717, 1.165) is 24.0 Å². The quantitative estimate of drug-likeness (QED) is 0.928. The highest BCUT2D eigenvalue weighted by Crippen LogP contribution is 2.63. The molecule has 1 aromatic heterocycles. The van der Waals surface area contributed by atoms with Crippen LogP contribution in [0.1, 0.15) is 36.8 Å². The number of halogens is 1. The Morgan fingerprint density at radius 3 is 2.04 bits per heavy atom. The number of pyridine rings is 1. The number of hydrogen-bond donors (Lipinski definition) is 1. The van der Waals surface area contributed by atoms with E-state index < -0.39 is 10.0 Å². The van der Waals surface area contributed by atoms with Crippen molar-refractivity contribution in [3.63, 3.8) is 0 Å². The summed E-state index contributed by atoms with van der Waals surface area (Å²) < 4.78 is 35.9. The number of nitrogens with two attached hydrogens (primary N) is 1. The summed E-state index contributed by atoms with van der Waals surface area (Å²) in [6.45, 7) is 0. The summed E-state index contributed by atoms with van der Waals surface area (Å²) in [6.07, 6.45) is 5.90. The maximum atomic E-state index is 13.2. The van der Waals surface area contributed by atoms with Crippen molar-refractivity contribution in [1.82, 2.24) is 4.98 Å². The Morgan fingerprint density at radius 2 is 1.54 bits per heavy atom. The minimum Gasteiger partial charge on any atom is -0.243 e. The Morgan fingerprint density at radius 1 is 0.958 bits per heavy atom. The molecular formula is C18H17FN2O2S. The molecule has 2 aromatic rings. The second-order valence-electron chi connectivity index (χ2n) is 6.75. The average Bonchev–Trinajstić information content (AvgIpc) is 3.19. The highest BCUT2D eigenvalue weighted by Gasteiger charge is 2.48. The number of hydrogen-bond acceptors (Lipinski definition) is 3. The van der Waals surface area contributed by atoms with Gasteiger partial charge in [-0.15, -0.1) is 0 Å². The summed E-state index contributed by atoms with van der Waals surface area (Å²) in [5.74, 6) is -0.251. The monoisotopic (exact) mass is 344 g/mol. The molecule has 1 heterocycles. The lowest BCUT2D eigenvalue weighted by Crippen LogP contribution is -2.13. The van der Waals surface area contributed by atoms with Gasteiger partial charge in [0.2, 0.25) is 0 Å². The average molecular weight is 344 g/mol. The molecule has 0 saturated heterocycles. The van der Waals surface area contributed by atoms with Crippen LogP contribution in [0.4, 0.5) is 4.39 Å². The largest absolute Gasteiger partial charge is 0.255 e. The number of benzene rings is 1. The van der Waals surface area contributed by atoms with Crippen LogP contribution in [-0.4, -0.2) is 13.4 Å². The van der Waals surface area contributed by atoms with Gasteiger partial charge in [0.15, 0.2) is 5.03 Å². The van der Waals surface area contributed by atoms with E-state index in [4.69, 9.17) is 5.14 Å². The van der Waals surface area contributed by atoms with Crippen molar-refractivity contribution in [3.8, 4) is 0 Å². The number of nitrogens with zero attached hydrogens (tertiary/aromatic N) is 1. The van der Waals surface area contributed by atoms with Crippen molar-refractivity contribution in [2.24, 2.45) is 10.6 Å². The number of primary sulfonamides is 1. The molecular weight excluding hydrogens is 327 g/mol. The molecule has 0 atom stereocenters. The van der Waals surface area contributed by atoms with Crippen LogP contribution < -0.4 is 5.14 Å². The zero-order valence-electron chi connectivity index (χ0n) is 13.0. The number of sulfonamides is 1. The van der Waals surface area contributed by atoms with Crippen molar-refractivity contribution >= 4 is 21.2 Å². The Hall–Kier alpha value is -2.05. The van der Waals surface area contributed by atoms with Gasteiger partial charge in [-0.05, 0) is 71.6 Å². The number of allylic oxidation sites excluding steroid dienone is 2. The van der Waals surface area contributed by atoms with Gasteiger partial charge >= 0.3 is 0 Å². The Labute approximate surface area is 140 Å². The second kappa shape index (κ2) is 5.22. The van der Waals surface area contributed by atoms with E-state index in [1.165, 1.54) is 42.2 Å². The van der Waals surface area contributed by atoms with E-state index in [1.807, 2.05) is 0 Å². The topological polar surface area (TPSA) is 73.1 Å². The lowest BCUT2D eigenvalue weighted by molar-refractivity contribution is 0.568. The van der Waals surface area contributed by atoms with Crippen molar-refractivity contribution < 1.29 is 12.8 Å².